The fourth-order valence-electron chi connectivity index (χ4n) is 2.35. The van der Waals surface area contributed by atoms with E-state index < -0.39 is 9.84 Å². The second-order valence-corrected chi connectivity index (χ2v) is 7.43. The number of nitrogens with two attached hydrogens (primary N) is 1. The average Bonchev–Trinajstić information content (AvgIpc) is 2.69. The van der Waals surface area contributed by atoms with Crippen LogP contribution in [0, 0.1) is 5.92 Å². The summed E-state index contributed by atoms with van der Waals surface area (Å²) in [6.07, 6.45) is 0.693. The lowest BCUT2D eigenvalue weighted by Gasteiger charge is -2.26. The highest BCUT2D eigenvalue weighted by Crippen LogP contribution is 2.23. The van der Waals surface area contributed by atoms with Gasteiger partial charge in [0, 0.05) is 24.0 Å². The number of ether oxygens (including phenoxy) is 1. The van der Waals surface area contributed by atoms with E-state index in [2.05, 4.69) is 5.32 Å². The maximum absolute atomic E-state index is 11.4. The standard InChI is InChI=1S/C10H20N2O3S/c1-10(2-3-16(13,14)7-10)12-4-8-5-15-6-9(8)11/h8-9,12H,2-7,11H2,1H3. The summed E-state index contributed by atoms with van der Waals surface area (Å²) in [4.78, 5) is 0. The molecule has 0 bridgehead atoms. The van der Waals surface area contributed by atoms with E-state index >= 15 is 0 Å². The molecule has 0 saturated carbocycles. The van der Waals surface area contributed by atoms with Gasteiger partial charge in [0.2, 0.25) is 0 Å². The first kappa shape index (κ1) is 12.3. The molecule has 5 nitrogen and oxygen atoms in total. The number of nitrogens with one attached hydrogen (secondary N) is 1. The molecule has 6 heteroatoms. The van der Waals surface area contributed by atoms with Gasteiger partial charge in [0.25, 0.3) is 0 Å². The molecule has 94 valence electrons. The molecule has 2 rings (SSSR count). The number of sulfone groups is 1. The Labute approximate surface area is 96.6 Å². The zero-order valence-electron chi connectivity index (χ0n) is 9.61. The van der Waals surface area contributed by atoms with Crippen LogP contribution >= 0.6 is 0 Å². The van der Waals surface area contributed by atoms with Gasteiger partial charge in [0.15, 0.2) is 9.84 Å². The minimum absolute atomic E-state index is 0.0779. The highest BCUT2D eigenvalue weighted by atomic mass is 32.2. The number of hydrogen-bond donors (Lipinski definition) is 2. The van der Waals surface area contributed by atoms with Gasteiger partial charge < -0.3 is 15.8 Å². The second kappa shape index (κ2) is 4.25. The Morgan fingerprint density at radius 2 is 2.25 bits per heavy atom. The molecule has 0 aliphatic carbocycles. The van der Waals surface area contributed by atoms with Crippen molar-refractivity contribution in [3.8, 4) is 0 Å². The zero-order chi connectivity index (χ0) is 11.8. The SMILES string of the molecule is CC1(NCC2COCC2N)CCS(=O)(=O)C1. The zero-order valence-corrected chi connectivity index (χ0v) is 10.4. The summed E-state index contributed by atoms with van der Waals surface area (Å²) in [6.45, 7) is 4.00. The van der Waals surface area contributed by atoms with Crippen LogP contribution in [-0.4, -0.2) is 51.3 Å². The van der Waals surface area contributed by atoms with E-state index in [1.807, 2.05) is 6.92 Å². The molecule has 3 unspecified atom stereocenters. The van der Waals surface area contributed by atoms with Crippen LogP contribution in [0.1, 0.15) is 13.3 Å². The summed E-state index contributed by atoms with van der Waals surface area (Å²) >= 11 is 0. The minimum atomic E-state index is -2.84. The van der Waals surface area contributed by atoms with E-state index in [4.69, 9.17) is 10.5 Å². The predicted molar refractivity (Wildman–Crippen MR) is 62.0 cm³/mol. The lowest BCUT2D eigenvalue weighted by molar-refractivity contribution is 0.182. The Hall–Kier alpha value is -0.170. The highest BCUT2D eigenvalue weighted by molar-refractivity contribution is 7.91. The molecule has 0 aromatic carbocycles. The molecule has 0 amide bonds. The summed E-state index contributed by atoms with van der Waals surface area (Å²) in [7, 11) is -2.84. The van der Waals surface area contributed by atoms with Gasteiger partial charge in [0.05, 0.1) is 24.7 Å². The van der Waals surface area contributed by atoms with Gasteiger partial charge in [-0.25, -0.2) is 8.42 Å². The van der Waals surface area contributed by atoms with Crippen molar-refractivity contribution in [3.05, 3.63) is 0 Å². The molecule has 2 fully saturated rings. The maximum atomic E-state index is 11.4. The summed E-state index contributed by atoms with van der Waals surface area (Å²) in [5, 5.41) is 3.35. The molecule has 0 spiro atoms. The first-order chi connectivity index (χ1) is 7.40. The van der Waals surface area contributed by atoms with Crippen LogP contribution in [0.4, 0.5) is 0 Å². The molecule has 2 heterocycles. The summed E-state index contributed by atoms with van der Waals surface area (Å²) in [6, 6.07) is 0.0779. The Bertz CT molecular complexity index is 357. The maximum Gasteiger partial charge on any atom is 0.152 e. The third kappa shape index (κ3) is 2.74. The van der Waals surface area contributed by atoms with E-state index in [0.717, 1.165) is 6.54 Å². The van der Waals surface area contributed by atoms with Crippen LogP contribution in [-0.2, 0) is 14.6 Å². The summed E-state index contributed by atoms with van der Waals surface area (Å²) in [5.74, 6) is 0.840. The van der Waals surface area contributed by atoms with Crippen molar-refractivity contribution in [2.24, 2.45) is 11.7 Å². The van der Waals surface area contributed by atoms with Crippen molar-refractivity contribution in [2.45, 2.75) is 24.9 Å². The Balaban J connectivity index is 1.86. The van der Waals surface area contributed by atoms with Gasteiger partial charge in [-0.3, -0.25) is 0 Å². The summed E-state index contributed by atoms with van der Waals surface area (Å²) in [5.41, 5.74) is 5.60. The Morgan fingerprint density at radius 1 is 1.50 bits per heavy atom. The molecule has 0 aromatic rings. The second-order valence-electron chi connectivity index (χ2n) is 5.24. The van der Waals surface area contributed by atoms with Crippen LogP contribution in [0.5, 0.6) is 0 Å². The van der Waals surface area contributed by atoms with Crippen molar-refractivity contribution in [1.29, 1.82) is 0 Å². The molecule has 0 radical (unpaired) electrons. The smallest absolute Gasteiger partial charge is 0.152 e. The first-order valence-electron chi connectivity index (χ1n) is 5.69. The molecule has 3 N–H and O–H groups in total. The number of hydrogen-bond acceptors (Lipinski definition) is 5. The fourth-order valence-corrected chi connectivity index (χ4v) is 4.48. The van der Waals surface area contributed by atoms with Gasteiger partial charge in [-0.05, 0) is 13.3 Å². The van der Waals surface area contributed by atoms with Gasteiger partial charge in [-0.15, -0.1) is 0 Å². The van der Waals surface area contributed by atoms with E-state index in [9.17, 15) is 8.42 Å². The van der Waals surface area contributed by atoms with Gasteiger partial charge >= 0.3 is 0 Å². The Morgan fingerprint density at radius 3 is 2.75 bits per heavy atom. The van der Waals surface area contributed by atoms with Crippen molar-refractivity contribution in [1.82, 2.24) is 5.32 Å². The van der Waals surface area contributed by atoms with Crippen LogP contribution in [0.2, 0.25) is 0 Å². The predicted octanol–water partition coefficient (Wildman–Crippen LogP) is -0.873. The van der Waals surface area contributed by atoms with Crippen molar-refractivity contribution < 1.29 is 13.2 Å². The first-order valence-corrected chi connectivity index (χ1v) is 7.51. The molecular weight excluding hydrogens is 228 g/mol. The van der Waals surface area contributed by atoms with Crippen LogP contribution in [0.25, 0.3) is 0 Å². The highest BCUT2D eigenvalue weighted by Gasteiger charge is 2.38. The molecule has 2 aliphatic heterocycles. The molecule has 2 aliphatic rings. The third-order valence-corrected chi connectivity index (χ3v) is 5.45. The minimum Gasteiger partial charge on any atom is -0.379 e. The van der Waals surface area contributed by atoms with Crippen molar-refractivity contribution in [2.75, 3.05) is 31.3 Å². The monoisotopic (exact) mass is 248 g/mol. The topological polar surface area (TPSA) is 81.4 Å². The molecule has 16 heavy (non-hydrogen) atoms. The quantitative estimate of drug-likeness (QED) is 0.678. The van der Waals surface area contributed by atoms with Gasteiger partial charge in [-0.2, -0.15) is 0 Å². The van der Waals surface area contributed by atoms with Crippen molar-refractivity contribution >= 4 is 9.84 Å². The largest absolute Gasteiger partial charge is 0.379 e. The fraction of sp³-hybridized carbons (Fsp3) is 1.00. The van der Waals surface area contributed by atoms with E-state index in [-0.39, 0.29) is 17.3 Å². The molecular formula is C10H20N2O3S. The van der Waals surface area contributed by atoms with E-state index in [1.165, 1.54) is 0 Å². The molecule has 2 saturated heterocycles. The molecule has 0 aromatic heterocycles. The van der Waals surface area contributed by atoms with E-state index in [1.54, 1.807) is 0 Å². The normalized spacial score (nSPS) is 42.6. The van der Waals surface area contributed by atoms with E-state index in [0.29, 0.717) is 31.3 Å². The Kier molecular flexibility index (Phi) is 3.27. The lowest BCUT2D eigenvalue weighted by Crippen LogP contribution is -2.48. The van der Waals surface area contributed by atoms with Gasteiger partial charge in [-0.1, -0.05) is 0 Å². The molecule has 3 atom stereocenters. The van der Waals surface area contributed by atoms with Crippen molar-refractivity contribution in [3.63, 3.8) is 0 Å². The van der Waals surface area contributed by atoms with Gasteiger partial charge in [0.1, 0.15) is 0 Å². The number of rotatable bonds is 3. The van der Waals surface area contributed by atoms with Crippen LogP contribution in [0.3, 0.4) is 0 Å². The summed E-state index contributed by atoms with van der Waals surface area (Å²) < 4.78 is 28.1. The average molecular weight is 248 g/mol. The van der Waals surface area contributed by atoms with Crippen LogP contribution in [0.15, 0.2) is 0 Å². The third-order valence-electron chi connectivity index (χ3n) is 3.54. The lowest BCUT2D eigenvalue weighted by atomic mass is 9.99. The van der Waals surface area contributed by atoms with Crippen LogP contribution < -0.4 is 11.1 Å².